The molecule has 0 spiro atoms. The van der Waals surface area contributed by atoms with Crippen LogP contribution in [0.5, 0.6) is 0 Å². The van der Waals surface area contributed by atoms with E-state index in [9.17, 15) is 0 Å². The average Bonchev–Trinajstić information content (AvgIpc) is 3.16. The predicted molar refractivity (Wildman–Crippen MR) is 90.5 cm³/mol. The number of hydrogen-bond acceptors (Lipinski definition) is 2. The predicted octanol–water partition coefficient (Wildman–Crippen LogP) is 3.79. The molecule has 1 N–H and O–H groups in total. The highest BCUT2D eigenvalue weighted by Crippen LogP contribution is 2.57. The van der Waals surface area contributed by atoms with Gasteiger partial charge in [-0.05, 0) is 66.9 Å². The average molecular weight is 354 g/mol. The molecule has 118 valence electrons. The standard InChI is InChI=1S/C17H28BrN3/c1-4-13-17(18)15(21(5-2)20-13)10-14(19-3)16-11-8-6-7-9-12(11)16/h11-12,14,16,19H,4-10H2,1-3H3. The van der Waals surface area contributed by atoms with Crippen molar-refractivity contribution < 1.29 is 0 Å². The molecule has 3 nitrogen and oxygen atoms in total. The van der Waals surface area contributed by atoms with E-state index in [4.69, 9.17) is 5.10 Å². The second kappa shape index (κ2) is 6.41. The Labute approximate surface area is 137 Å². The van der Waals surface area contributed by atoms with Crippen molar-refractivity contribution in [3.63, 3.8) is 0 Å². The number of nitrogens with one attached hydrogen (secondary N) is 1. The van der Waals surface area contributed by atoms with Crippen molar-refractivity contribution in [1.82, 2.24) is 15.1 Å². The van der Waals surface area contributed by atoms with Gasteiger partial charge in [0, 0.05) is 19.0 Å². The zero-order chi connectivity index (χ0) is 15.0. The normalized spacial score (nSPS) is 29.2. The molecular weight excluding hydrogens is 326 g/mol. The third-order valence-electron chi connectivity index (χ3n) is 5.67. The van der Waals surface area contributed by atoms with E-state index in [1.54, 1.807) is 0 Å². The minimum atomic E-state index is 0.612. The molecule has 0 aliphatic heterocycles. The second-order valence-electron chi connectivity index (χ2n) is 6.67. The van der Waals surface area contributed by atoms with E-state index in [-0.39, 0.29) is 0 Å². The van der Waals surface area contributed by atoms with Crippen LogP contribution < -0.4 is 5.32 Å². The lowest BCUT2D eigenvalue weighted by atomic mass is 10.0. The first-order chi connectivity index (χ1) is 10.2. The number of aryl methyl sites for hydroxylation is 2. The molecule has 3 unspecified atom stereocenters. The summed E-state index contributed by atoms with van der Waals surface area (Å²) in [6.45, 7) is 5.33. The van der Waals surface area contributed by atoms with Crippen molar-refractivity contribution in [2.45, 2.75) is 65.0 Å². The van der Waals surface area contributed by atoms with Gasteiger partial charge in [0.25, 0.3) is 0 Å². The van der Waals surface area contributed by atoms with Crippen LogP contribution in [0.25, 0.3) is 0 Å². The molecule has 4 heteroatoms. The van der Waals surface area contributed by atoms with Crippen LogP contribution in [0.1, 0.15) is 50.9 Å². The summed E-state index contributed by atoms with van der Waals surface area (Å²) in [7, 11) is 2.14. The molecule has 0 bridgehead atoms. The lowest BCUT2D eigenvalue weighted by molar-refractivity contribution is 0.443. The van der Waals surface area contributed by atoms with Gasteiger partial charge in [-0.3, -0.25) is 4.68 Å². The number of fused-ring (bicyclic) bond motifs is 1. The number of rotatable bonds is 6. The SMILES string of the molecule is CCc1nn(CC)c(CC(NC)C2C3CCCCC32)c1Br. The highest BCUT2D eigenvalue weighted by atomic mass is 79.9. The van der Waals surface area contributed by atoms with Gasteiger partial charge in [-0.1, -0.05) is 19.8 Å². The van der Waals surface area contributed by atoms with Crippen molar-refractivity contribution in [2.75, 3.05) is 7.05 Å². The van der Waals surface area contributed by atoms with Crippen LogP contribution in [0.3, 0.4) is 0 Å². The van der Waals surface area contributed by atoms with Gasteiger partial charge in [-0.25, -0.2) is 0 Å². The Morgan fingerprint density at radius 2 is 1.95 bits per heavy atom. The molecule has 1 heterocycles. The van der Waals surface area contributed by atoms with Gasteiger partial charge in [-0.15, -0.1) is 0 Å². The highest BCUT2D eigenvalue weighted by Gasteiger charge is 2.53. The number of halogens is 1. The van der Waals surface area contributed by atoms with Crippen LogP contribution in [0.2, 0.25) is 0 Å². The topological polar surface area (TPSA) is 29.9 Å². The monoisotopic (exact) mass is 353 g/mol. The van der Waals surface area contributed by atoms with Crippen molar-refractivity contribution >= 4 is 15.9 Å². The van der Waals surface area contributed by atoms with Gasteiger partial charge in [0.05, 0.1) is 15.9 Å². The quantitative estimate of drug-likeness (QED) is 0.842. The van der Waals surface area contributed by atoms with Gasteiger partial charge in [0.2, 0.25) is 0 Å². The summed E-state index contributed by atoms with van der Waals surface area (Å²) >= 11 is 3.80. The molecule has 2 aliphatic carbocycles. The summed E-state index contributed by atoms with van der Waals surface area (Å²) in [4.78, 5) is 0. The van der Waals surface area contributed by atoms with Crippen molar-refractivity contribution in [3.05, 3.63) is 15.9 Å². The Balaban J connectivity index is 1.77. The fourth-order valence-electron chi connectivity index (χ4n) is 4.50. The van der Waals surface area contributed by atoms with E-state index >= 15 is 0 Å². The zero-order valence-electron chi connectivity index (χ0n) is 13.5. The van der Waals surface area contributed by atoms with Gasteiger partial charge in [0.15, 0.2) is 0 Å². The maximum absolute atomic E-state index is 4.75. The molecule has 0 radical (unpaired) electrons. The molecular formula is C17H28BrN3. The van der Waals surface area contributed by atoms with Crippen LogP contribution in [0.4, 0.5) is 0 Å². The third kappa shape index (κ3) is 2.81. The van der Waals surface area contributed by atoms with Gasteiger partial charge in [0.1, 0.15) is 0 Å². The lowest BCUT2D eigenvalue weighted by Crippen LogP contribution is -2.32. The number of likely N-dealkylation sites (N-methyl/N-ethyl adjacent to an activating group) is 1. The first-order valence-corrected chi connectivity index (χ1v) is 9.41. The van der Waals surface area contributed by atoms with E-state index in [0.29, 0.717) is 6.04 Å². The smallest absolute Gasteiger partial charge is 0.0766 e. The van der Waals surface area contributed by atoms with Crippen LogP contribution >= 0.6 is 15.9 Å². The molecule has 2 fully saturated rings. The van der Waals surface area contributed by atoms with E-state index < -0.39 is 0 Å². The molecule has 3 atom stereocenters. The molecule has 0 amide bonds. The molecule has 0 saturated heterocycles. The molecule has 3 rings (SSSR count). The lowest BCUT2D eigenvalue weighted by Gasteiger charge is -2.17. The fourth-order valence-corrected chi connectivity index (χ4v) is 5.22. The molecule has 2 aliphatic rings. The molecule has 21 heavy (non-hydrogen) atoms. The largest absolute Gasteiger partial charge is 0.316 e. The first-order valence-electron chi connectivity index (χ1n) is 8.62. The van der Waals surface area contributed by atoms with Crippen molar-refractivity contribution in [3.8, 4) is 0 Å². The summed E-state index contributed by atoms with van der Waals surface area (Å²) in [5.41, 5.74) is 2.59. The minimum absolute atomic E-state index is 0.612. The third-order valence-corrected chi connectivity index (χ3v) is 6.58. The Bertz CT molecular complexity index is 484. The first kappa shape index (κ1) is 15.5. The van der Waals surface area contributed by atoms with Crippen molar-refractivity contribution in [2.24, 2.45) is 17.8 Å². The van der Waals surface area contributed by atoms with Gasteiger partial charge >= 0.3 is 0 Å². The minimum Gasteiger partial charge on any atom is -0.316 e. The number of nitrogens with zero attached hydrogens (tertiary/aromatic N) is 2. The van der Waals surface area contributed by atoms with E-state index in [0.717, 1.165) is 37.1 Å². The summed E-state index contributed by atoms with van der Waals surface area (Å²) < 4.78 is 3.44. The highest BCUT2D eigenvalue weighted by molar-refractivity contribution is 9.10. The summed E-state index contributed by atoms with van der Waals surface area (Å²) in [6, 6.07) is 0.612. The summed E-state index contributed by atoms with van der Waals surface area (Å²) in [5.74, 6) is 2.90. The number of hydrogen-bond donors (Lipinski definition) is 1. The Hall–Kier alpha value is -0.350. The van der Waals surface area contributed by atoms with Crippen molar-refractivity contribution in [1.29, 1.82) is 0 Å². The van der Waals surface area contributed by atoms with Crippen LogP contribution in [-0.2, 0) is 19.4 Å². The Morgan fingerprint density at radius 1 is 1.29 bits per heavy atom. The van der Waals surface area contributed by atoms with E-state index in [2.05, 4.69) is 46.8 Å². The Kier molecular flexibility index (Phi) is 4.75. The molecule has 1 aromatic heterocycles. The van der Waals surface area contributed by atoms with E-state index in [1.807, 2.05) is 0 Å². The maximum atomic E-state index is 4.75. The number of aromatic nitrogens is 2. The fraction of sp³-hybridized carbons (Fsp3) is 0.824. The zero-order valence-corrected chi connectivity index (χ0v) is 15.1. The molecule has 2 saturated carbocycles. The van der Waals surface area contributed by atoms with Gasteiger partial charge in [-0.2, -0.15) is 5.10 Å². The Morgan fingerprint density at radius 3 is 2.48 bits per heavy atom. The second-order valence-corrected chi connectivity index (χ2v) is 7.46. The summed E-state index contributed by atoms with van der Waals surface area (Å²) in [6.07, 6.45) is 7.92. The maximum Gasteiger partial charge on any atom is 0.0766 e. The summed E-state index contributed by atoms with van der Waals surface area (Å²) in [5, 5.41) is 8.36. The van der Waals surface area contributed by atoms with Crippen LogP contribution in [-0.4, -0.2) is 22.9 Å². The van der Waals surface area contributed by atoms with Gasteiger partial charge < -0.3 is 5.32 Å². The van der Waals surface area contributed by atoms with Crippen LogP contribution in [0.15, 0.2) is 4.47 Å². The van der Waals surface area contributed by atoms with Crippen LogP contribution in [0, 0.1) is 17.8 Å². The van der Waals surface area contributed by atoms with E-state index in [1.165, 1.54) is 41.5 Å². The molecule has 0 aromatic carbocycles. The molecule has 1 aromatic rings.